The molecule has 4 heteroatoms. The zero-order chi connectivity index (χ0) is 13.0. The monoisotopic (exact) mass is 251 g/mol. The molecule has 1 N–H and O–H groups in total. The van der Waals surface area contributed by atoms with Gasteiger partial charge in [0.25, 0.3) is 6.01 Å². The summed E-state index contributed by atoms with van der Waals surface area (Å²) < 4.78 is 5.60. The van der Waals surface area contributed by atoms with Crippen LogP contribution in [0.5, 0.6) is 0 Å². The molecule has 0 spiro atoms. The lowest BCUT2D eigenvalue weighted by atomic mass is 9.84. The fraction of sp³-hybridized carbons (Fsp3) is 0.786. The minimum absolute atomic E-state index is 0.368. The lowest BCUT2D eigenvalue weighted by Crippen LogP contribution is -2.40. The first-order valence-corrected chi connectivity index (χ1v) is 7.01. The second-order valence-electron chi connectivity index (χ2n) is 5.99. The van der Waals surface area contributed by atoms with Crippen molar-refractivity contribution in [3.8, 4) is 0 Å². The summed E-state index contributed by atoms with van der Waals surface area (Å²) >= 11 is 0. The minimum atomic E-state index is 0.368. The van der Waals surface area contributed by atoms with E-state index in [2.05, 4.69) is 36.0 Å². The Bertz CT molecular complexity index is 373. The zero-order valence-electron chi connectivity index (χ0n) is 11.8. The predicted octanol–water partition coefficient (Wildman–Crippen LogP) is 2.80. The molecule has 2 heterocycles. The van der Waals surface area contributed by atoms with E-state index >= 15 is 0 Å². The summed E-state index contributed by atoms with van der Waals surface area (Å²) in [5, 5.41) is 3.34. The second-order valence-corrected chi connectivity index (χ2v) is 5.99. The molecule has 0 bridgehead atoms. The molecule has 1 aliphatic heterocycles. The summed E-state index contributed by atoms with van der Waals surface area (Å²) in [5.41, 5.74) is 1.37. The lowest BCUT2D eigenvalue weighted by Gasteiger charge is -2.37. The third-order valence-electron chi connectivity index (χ3n) is 3.44. The number of oxazole rings is 1. The standard InChI is InChI=1S/C14H25N3O/c1-4-7-15-9-12-10-18-13(16-12)17-8-5-6-14(2,3)11-17/h10,15H,4-9,11H2,1-3H3. The van der Waals surface area contributed by atoms with Gasteiger partial charge in [0, 0.05) is 19.6 Å². The summed E-state index contributed by atoms with van der Waals surface area (Å²) in [6.45, 7) is 10.7. The number of aromatic nitrogens is 1. The Hall–Kier alpha value is -1.03. The second kappa shape index (κ2) is 5.74. The average molecular weight is 251 g/mol. The van der Waals surface area contributed by atoms with Gasteiger partial charge in [-0.15, -0.1) is 0 Å². The molecular formula is C14H25N3O. The Labute approximate surface area is 110 Å². The van der Waals surface area contributed by atoms with Gasteiger partial charge in [-0.1, -0.05) is 20.8 Å². The first kappa shape index (κ1) is 13.4. The molecule has 4 nitrogen and oxygen atoms in total. The molecule has 0 saturated carbocycles. The van der Waals surface area contributed by atoms with Crippen molar-refractivity contribution in [1.82, 2.24) is 10.3 Å². The summed E-state index contributed by atoms with van der Waals surface area (Å²) in [6.07, 6.45) is 5.43. The van der Waals surface area contributed by atoms with Crippen molar-refractivity contribution in [2.75, 3.05) is 24.5 Å². The molecule has 0 amide bonds. The van der Waals surface area contributed by atoms with Crippen molar-refractivity contribution in [2.45, 2.75) is 46.6 Å². The van der Waals surface area contributed by atoms with Crippen LogP contribution in [0, 0.1) is 5.41 Å². The van der Waals surface area contributed by atoms with Crippen LogP contribution in [0.2, 0.25) is 0 Å². The number of nitrogens with zero attached hydrogens (tertiary/aromatic N) is 2. The van der Waals surface area contributed by atoms with Gasteiger partial charge in [0.2, 0.25) is 0 Å². The van der Waals surface area contributed by atoms with Crippen LogP contribution in [0.25, 0.3) is 0 Å². The Morgan fingerprint density at radius 3 is 3.06 bits per heavy atom. The summed E-state index contributed by atoms with van der Waals surface area (Å²) in [5.74, 6) is 0. The first-order chi connectivity index (χ1) is 8.61. The summed E-state index contributed by atoms with van der Waals surface area (Å²) in [7, 11) is 0. The molecule has 1 aliphatic rings. The normalized spacial score (nSPS) is 19.2. The highest BCUT2D eigenvalue weighted by Crippen LogP contribution is 2.31. The Morgan fingerprint density at radius 2 is 2.33 bits per heavy atom. The number of hydrogen-bond acceptors (Lipinski definition) is 4. The van der Waals surface area contributed by atoms with E-state index < -0.39 is 0 Å². The molecule has 1 fully saturated rings. The van der Waals surface area contributed by atoms with E-state index in [0.717, 1.165) is 44.3 Å². The van der Waals surface area contributed by atoms with Crippen molar-refractivity contribution >= 4 is 6.01 Å². The number of hydrogen-bond donors (Lipinski definition) is 1. The molecule has 1 aromatic rings. The molecule has 0 atom stereocenters. The number of anilines is 1. The van der Waals surface area contributed by atoms with E-state index in [1.807, 2.05) is 0 Å². The van der Waals surface area contributed by atoms with Crippen LogP contribution in [0.1, 0.15) is 45.7 Å². The van der Waals surface area contributed by atoms with Gasteiger partial charge < -0.3 is 14.6 Å². The van der Waals surface area contributed by atoms with E-state index in [-0.39, 0.29) is 0 Å². The topological polar surface area (TPSA) is 41.3 Å². The van der Waals surface area contributed by atoms with E-state index in [1.165, 1.54) is 12.8 Å². The Kier molecular flexibility index (Phi) is 4.27. The van der Waals surface area contributed by atoms with Crippen LogP contribution in [-0.2, 0) is 6.54 Å². The SMILES string of the molecule is CCCNCc1coc(N2CCCC(C)(C)C2)n1. The van der Waals surface area contributed by atoms with Crippen molar-refractivity contribution in [3.05, 3.63) is 12.0 Å². The van der Waals surface area contributed by atoms with E-state index in [0.29, 0.717) is 5.41 Å². The van der Waals surface area contributed by atoms with Crippen molar-refractivity contribution in [1.29, 1.82) is 0 Å². The fourth-order valence-corrected chi connectivity index (χ4v) is 2.50. The fourth-order valence-electron chi connectivity index (χ4n) is 2.50. The summed E-state index contributed by atoms with van der Waals surface area (Å²) in [6, 6.07) is 0.788. The van der Waals surface area contributed by atoms with E-state index in [9.17, 15) is 0 Å². The Balaban J connectivity index is 1.92. The molecule has 1 saturated heterocycles. The molecule has 18 heavy (non-hydrogen) atoms. The molecule has 0 aliphatic carbocycles. The number of rotatable bonds is 5. The molecule has 0 unspecified atom stereocenters. The third kappa shape index (κ3) is 3.48. The highest BCUT2D eigenvalue weighted by molar-refractivity contribution is 5.28. The van der Waals surface area contributed by atoms with Crippen molar-refractivity contribution < 1.29 is 4.42 Å². The average Bonchev–Trinajstić information content (AvgIpc) is 2.77. The van der Waals surface area contributed by atoms with Gasteiger partial charge in [-0.25, -0.2) is 0 Å². The maximum Gasteiger partial charge on any atom is 0.297 e. The lowest BCUT2D eigenvalue weighted by molar-refractivity contribution is 0.283. The molecule has 0 aromatic carbocycles. The van der Waals surface area contributed by atoms with Crippen LogP contribution < -0.4 is 10.2 Å². The summed E-state index contributed by atoms with van der Waals surface area (Å²) in [4.78, 5) is 6.84. The largest absolute Gasteiger partial charge is 0.432 e. The predicted molar refractivity (Wildman–Crippen MR) is 73.7 cm³/mol. The number of nitrogens with one attached hydrogen (secondary N) is 1. The highest BCUT2D eigenvalue weighted by Gasteiger charge is 2.28. The first-order valence-electron chi connectivity index (χ1n) is 7.01. The molecule has 0 radical (unpaired) electrons. The molecular weight excluding hydrogens is 226 g/mol. The van der Waals surface area contributed by atoms with Crippen LogP contribution in [0.3, 0.4) is 0 Å². The van der Waals surface area contributed by atoms with Gasteiger partial charge in [-0.05, 0) is 31.2 Å². The molecule has 2 rings (SSSR count). The molecule has 102 valence electrons. The van der Waals surface area contributed by atoms with Crippen molar-refractivity contribution in [2.24, 2.45) is 5.41 Å². The molecule has 1 aromatic heterocycles. The Morgan fingerprint density at radius 1 is 1.50 bits per heavy atom. The van der Waals surface area contributed by atoms with Gasteiger partial charge in [-0.2, -0.15) is 4.98 Å². The van der Waals surface area contributed by atoms with Crippen LogP contribution in [0.15, 0.2) is 10.7 Å². The van der Waals surface area contributed by atoms with E-state index in [1.54, 1.807) is 6.26 Å². The maximum atomic E-state index is 5.60. The van der Waals surface area contributed by atoms with E-state index in [4.69, 9.17) is 4.42 Å². The highest BCUT2D eigenvalue weighted by atomic mass is 16.4. The van der Waals surface area contributed by atoms with Gasteiger partial charge in [0.15, 0.2) is 0 Å². The third-order valence-corrected chi connectivity index (χ3v) is 3.44. The van der Waals surface area contributed by atoms with Crippen LogP contribution in [-0.4, -0.2) is 24.6 Å². The quantitative estimate of drug-likeness (QED) is 0.817. The van der Waals surface area contributed by atoms with Gasteiger partial charge in [-0.3, -0.25) is 0 Å². The maximum absolute atomic E-state index is 5.60. The minimum Gasteiger partial charge on any atom is -0.432 e. The van der Waals surface area contributed by atoms with Gasteiger partial charge in [0.05, 0.1) is 5.69 Å². The van der Waals surface area contributed by atoms with Gasteiger partial charge >= 0.3 is 0 Å². The van der Waals surface area contributed by atoms with Crippen LogP contribution in [0.4, 0.5) is 6.01 Å². The zero-order valence-corrected chi connectivity index (χ0v) is 11.8. The van der Waals surface area contributed by atoms with Crippen molar-refractivity contribution in [3.63, 3.8) is 0 Å². The van der Waals surface area contributed by atoms with Gasteiger partial charge in [0.1, 0.15) is 6.26 Å². The smallest absolute Gasteiger partial charge is 0.297 e. The number of piperidine rings is 1. The van der Waals surface area contributed by atoms with Crippen LogP contribution >= 0.6 is 0 Å².